The van der Waals surface area contributed by atoms with Gasteiger partial charge in [-0.15, -0.1) is 0 Å². The Morgan fingerprint density at radius 2 is 2.00 bits per heavy atom. The number of hydrogen-bond acceptors (Lipinski definition) is 4. The van der Waals surface area contributed by atoms with Crippen LogP contribution in [0.4, 0.5) is 5.69 Å². The number of hydrogen-bond donors (Lipinski definition) is 1. The number of amides is 1. The summed E-state index contributed by atoms with van der Waals surface area (Å²) in [5, 5.41) is 2.75. The van der Waals surface area contributed by atoms with E-state index in [1.54, 1.807) is 6.07 Å². The number of nitrogens with zero attached hydrogens (tertiary/aromatic N) is 1. The third kappa shape index (κ3) is 4.23. The average Bonchev–Trinajstić information content (AvgIpc) is 3.08. The minimum atomic E-state index is -3.51. The SMILES string of the molecule is CCCCC(=O)Nc1cc(S(=O)(=O)N2CCCC2)ccc1OC. The van der Waals surface area contributed by atoms with E-state index >= 15 is 0 Å². The Hall–Kier alpha value is -1.60. The monoisotopic (exact) mass is 340 g/mol. The minimum absolute atomic E-state index is 0.138. The van der Waals surface area contributed by atoms with E-state index in [-0.39, 0.29) is 10.8 Å². The lowest BCUT2D eigenvalue weighted by Gasteiger charge is -2.17. The number of rotatable bonds is 7. The number of unbranched alkanes of at least 4 members (excludes halogenated alkanes) is 1. The van der Waals surface area contributed by atoms with Gasteiger partial charge in [-0.3, -0.25) is 4.79 Å². The van der Waals surface area contributed by atoms with Gasteiger partial charge in [0, 0.05) is 19.5 Å². The van der Waals surface area contributed by atoms with Gasteiger partial charge in [0.05, 0.1) is 17.7 Å². The molecular formula is C16H24N2O4S. The molecule has 7 heteroatoms. The topological polar surface area (TPSA) is 75.7 Å². The Bertz CT molecular complexity index is 652. The molecule has 0 aromatic heterocycles. The third-order valence-corrected chi connectivity index (χ3v) is 5.80. The normalized spacial score (nSPS) is 15.6. The van der Waals surface area contributed by atoms with Crippen LogP contribution in [-0.2, 0) is 14.8 Å². The summed E-state index contributed by atoms with van der Waals surface area (Å²) in [6, 6.07) is 4.59. The van der Waals surface area contributed by atoms with Crippen LogP contribution in [0.3, 0.4) is 0 Å². The van der Waals surface area contributed by atoms with Crippen LogP contribution in [0.1, 0.15) is 39.0 Å². The Kier molecular flexibility index (Phi) is 6.01. The first-order valence-corrected chi connectivity index (χ1v) is 9.41. The van der Waals surface area contributed by atoms with Gasteiger partial charge in [-0.2, -0.15) is 4.31 Å². The van der Waals surface area contributed by atoms with E-state index < -0.39 is 10.0 Å². The molecule has 0 saturated carbocycles. The van der Waals surface area contributed by atoms with Crippen LogP contribution in [-0.4, -0.2) is 38.8 Å². The Labute approximate surface area is 137 Å². The van der Waals surface area contributed by atoms with Crippen molar-refractivity contribution >= 4 is 21.6 Å². The lowest BCUT2D eigenvalue weighted by molar-refractivity contribution is -0.116. The number of ether oxygens (including phenoxy) is 1. The van der Waals surface area contributed by atoms with E-state index in [0.717, 1.165) is 25.7 Å². The van der Waals surface area contributed by atoms with Crippen molar-refractivity contribution in [3.63, 3.8) is 0 Å². The molecule has 128 valence electrons. The zero-order chi connectivity index (χ0) is 16.9. The molecule has 23 heavy (non-hydrogen) atoms. The Morgan fingerprint density at radius 3 is 2.61 bits per heavy atom. The molecule has 1 heterocycles. The standard InChI is InChI=1S/C16H24N2O4S/c1-3-4-7-16(19)17-14-12-13(8-9-15(14)22-2)23(20,21)18-10-5-6-11-18/h8-9,12H,3-7,10-11H2,1-2H3,(H,17,19). The van der Waals surface area contributed by atoms with Crippen LogP contribution < -0.4 is 10.1 Å². The summed E-state index contributed by atoms with van der Waals surface area (Å²) in [4.78, 5) is 12.1. The summed E-state index contributed by atoms with van der Waals surface area (Å²) >= 11 is 0. The molecule has 0 bridgehead atoms. The van der Waals surface area contributed by atoms with Gasteiger partial charge in [0.15, 0.2) is 0 Å². The molecule has 1 N–H and O–H groups in total. The lowest BCUT2D eigenvalue weighted by atomic mass is 10.2. The van der Waals surface area contributed by atoms with Crippen LogP contribution in [0, 0.1) is 0 Å². The fraction of sp³-hybridized carbons (Fsp3) is 0.562. The predicted molar refractivity (Wildman–Crippen MR) is 89.1 cm³/mol. The van der Waals surface area contributed by atoms with Crippen molar-refractivity contribution in [2.45, 2.75) is 43.9 Å². The minimum Gasteiger partial charge on any atom is -0.495 e. The molecule has 1 fully saturated rings. The number of benzene rings is 1. The van der Waals surface area contributed by atoms with Crippen LogP contribution in [0.25, 0.3) is 0 Å². The number of nitrogens with one attached hydrogen (secondary N) is 1. The van der Waals surface area contributed by atoms with Crippen molar-refractivity contribution in [1.82, 2.24) is 4.31 Å². The zero-order valence-electron chi connectivity index (χ0n) is 13.7. The highest BCUT2D eigenvalue weighted by Gasteiger charge is 2.28. The number of sulfonamides is 1. The summed E-state index contributed by atoms with van der Waals surface area (Å²) in [7, 11) is -2.02. The number of carbonyl (C=O) groups is 1. The molecule has 2 rings (SSSR count). The zero-order valence-corrected chi connectivity index (χ0v) is 14.5. The van der Waals surface area contributed by atoms with Crippen LogP contribution in [0.5, 0.6) is 5.75 Å². The lowest BCUT2D eigenvalue weighted by Crippen LogP contribution is -2.28. The number of carbonyl (C=O) groups excluding carboxylic acids is 1. The highest BCUT2D eigenvalue weighted by Crippen LogP contribution is 2.30. The summed E-state index contributed by atoms with van der Waals surface area (Å²) in [6.07, 6.45) is 3.89. The molecule has 1 amide bonds. The molecule has 0 aliphatic carbocycles. The highest BCUT2D eigenvalue weighted by molar-refractivity contribution is 7.89. The molecule has 1 aromatic rings. The van der Waals surface area contributed by atoms with Gasteiger partial charge in [0.1, 0.15) is 5.75 Å². The van der Waals surface area contributed by atoms with Crippen molar-refractivity contribution in [1.29, 1.82) is 0 Å². The molecule has 0 atom stereocenters. The first-order chi connectivity index (χ1) is 11.0. The Balaban J connectivity index is 2.26. The summed E-state index contributed by atoms with van der Waals surface area (Å²) in [5.41, 5.74) is 0.397. The fourth-order valence-corrected chi connectivity index (χ4v) is 4.12. The molecule has 0 unspecified atom stereocenters. The van der Waals surface area contributed by atoms with Crippen molar-refractivity contribution in [3.05, 3.63) is 18.2 Å². The van der Waals surface area contributed by atoms with Crippen LogP contribution >= 0.6 is 0 Å². The number of methoxy groups -OCH3 is 1. The van der Waals surface area contributed by atoms with Gasteiger partial charge in [-0.25, -0.2) is 8.42 Å². The van der Waals surface area contributed by atoms with Crippen LogP contribution in [0.2, 0.25) is 0 Å². The first kappa shape index (κ1) is 17.7. The fourth-order valence-electron chi connectivity index (χ4n) is 2.57. The third-order valence-electron chi connectivity index (χ3n) is 3.91. The molecule has 1 aliphatic heterocycles. The molecular weight excluding hydrogens is 316 g/mol. The maximum absolute atomic E-state index is 12.6. The molecule has 1 aliphatic rings. The van der Waals surface area contributed by atoms with E-state index in [2.05, 4.69) is 5.32 Å². The van der Waals surface area contributed by atoms with Gasteiger partial charge in [-0.1, -0.05) is 13.3 Å². The maximum Gasteiger partial charge on any atom is 0.243 e. The summed E-state index contributed by atoms with van der Waals surface area (Å²) < 4.78 is 31.9. The molecule has 6 nitrogen and oxygen atoms in total. The van der Waals surface area contributed by atoms with E-state index in [1.165, 1.54) is 23.5 Å². The molecule has 1 aromatic carbocycles. The number of anilines is 1. The van der Waals surface area contributed by atoms with Gasteiger partial charge in [0.2, 0.25) is 15.9 Å². The molecule has 0 radical (unpaired) electrons. The average molecular weight is 340 g/mol. The van der Waals surface area contributed by atoms with Gasteiger partial charge in [0.25, 0.3) is 0 Å². The van der Waals surface area contributed by atoms with Crippen LogP contribution in [0.15, 0.2) is 23.1 Å². The second kappa shape index (κ2) is 7.79. The second-order valence-electron chi connectivity index (χ2n) is 5.63. The molecule has 1 saturated heterocycles. The second-order valence-corrected chi connectivity index (χ2v) is 7.56. The smallest absolute Gasteiger partial charge is 0.243 e. The predicted octanol–water partition coefficient (Wildman–Crippen LogP) is 2.61. The van der Waals surface area contributed by atoms with Crippen molar-refractivity contribution in [2.24, 2.45) is 0 Å². The quantitative estimate of drug-likeness (QED) is 0.828. The van der Waals surface area contributed by atoms with Gasteiger partial charge in [-0.05, 0) is 37.5 Å². The van der Waals surface area contributed by atoms with E-state index in [0.29, 0.717) is 30.9 Å². The summed E-state index contributed by atoms with van der Waals surface area (Å²) in [6.45, 7) is 3.11. The van der Waals surface area contributed by atoms with Crippen molar-refractivity contribution in [3.8, 4) is 5.75 Å². The van der Waals surface area contributed by atoms with E-state index in [4.69, 9.17) is 4.74 Å². The van der Waals surface area contributed by atoms with Crippen molar-refractivity contribution < 1.29 is 17.9 Å². The first-order valence-electron chi connectivity index (χ1n) is 7.97. The molecule has 0 spiro atoms. The van der Waals surface area contributed by atoms with E-state index in [9.17, 15) is 13.2 Å². The van der Waals surface area contributed by atoms with E-state index in [1.807, 2.05) is 6.92 Å². The summed E-state index contributed by atoms with van der Waals surface area (Å²) in [5.74, 6) is 0.316. The van der Waals surface area contributed by atoms with Crippen molar-refractivity contribution in [2.75, 3.05) is 25.5 Å². The highest BCUT2D eigenvalue weighted by atomic mass is 32.2. The van der Waals surface area contributed by atoms with Gasteiger partial charge < -0.3 is 10.1 Å². The Morgan fingerprint density at radius 1 is 1.30 bits per heavy atom. The maximum atomic E-state index is 12.6. The largest absolute Gasteiger partial charge is 0.495 e. The van der Waals surface area contributed by atoms with Gasteiger partial charge >= 0.3 is 0 Å².